The number of ketones is 1. The summed E-state index contributed by atoms with van der Waals surface area (Å²) < 4.78 is 7.74. The van der Waals surface area contributed by atoms with Gasteiger partial charge in [0.15, 0.2) is 0 Å². The summed E-state index contributed by atoms with van der Waals surface area (Å²) in [5, 5.41) is 0. The standard InChI is InChI=1S/C26H28N4O2/c1-3-29(4-2)16-17-32-22-13-11-20(12-14-22)26(31)25-10-7-15-30(25)19-21-18-27-23-8-5-6-9-24(23)28-21/h5-15,18H,3-4,16-17,19H2,1-2H3. The van der Waals surface area contributed by atoms with Crippen molar-refractivity contribution in [3.05, 3.63) is 90.0 Å². The Hall–Kier alpha value is -3.51. The summed E-state index contributed by atoms with van der Waals surface area (Å²) >= 11 is 0. The van der Waals surface area contributed by atoms with Gasteiger partial charge in [-0.3, -0.25) is 9.78 Å². The van der Waals surface area contributed by atoms with Gasteiger partial charge in [-0.05, 0) is 61.6 Å². The van der Waals surface area contributed by atoms with E-state index in [0.717, 1.165) is 42.1 Å². The summed E-state index contributed by atoms with van der Waals surface area (Å²) in [6.45, 7) is 8.32. The van der Waals surface area contributed by atoms with Crippen molar-refractivity contribution in [1.29, 1.82) is 0 Å². The molecule has 0 aliphatic rings. The fraction of sp³-hybridized carbons (Fsp3) is 0.269. The van der Waals surface area contributed by atoms with Crippen LogP contribution in [-0.4, -0.2) is 51.5 Å². The Morgan fingerprint density at radius 1 is 0.969 bits per heavy atom. The third kappa shape index (κ3) is 5.03. The fourth-order valence-corrected chi connectivity index (χ4v) is 3.69. The Morgan fingerprint density at radius 3 is 2.47 bits per heavy atom. The van der Waals surface area contributed by atoms with Crippen LogP contribution in [0.3, 0.4) is 0 Å². The Balaban J connectivity index is 1.43. The first-order chi connectivity index (χ1) is 15.7. The predicted octanol–water partition coefficient (Wildman–Crippen LogP) is 4.43. The van der Waals surface area contributed by atoms with E-state index in [4.69, 9.17) is 4.74 Å². The van der Waals surface area contributed by atoms with Gasteiger partial charge >= 0.3 is 0 Å². The maximum Gasteiger partial charge on any atom is 0.209 e. The number of hydrogen-bond acceptors (Lipinski definition) is 5. The molecule has 0 aliphatic heterocycles. The van der Waals surface area contributed by atoms with E-state index in [1.54, 1.807) is 6.20 Å². The number of aromatic nitrogens is 3. The molecule has 0 unspecified atom stereocenters. The third-order valence-corrected chi connectivity index (χ3v) is 5.58. The molecule has 2 aromatic carbocycles. The molecule has 2 heterocycles. The van der Waals surface area contributed by atoms with E-state index in [0.29, 0.717) is 24.4 Å². The zero-order valence-corrected chi connectivity index (χ0v) is 18.6. The van der Waals surface area contributed by atoms with Gasteiger partial charge in [-0.2, -0.15) is 0 Å². The van der Waals surface area contributed by atoms with E-state index in [-0.39, 0.29) is 5.78 Å². The minimum Gasteiger partial charge on any atom is -0.492 e. The van der Waals surface area contributed by atoms with Gasteiger partial charge in [-0.15, -0.1) is 0 Å². The van der Waals surface area contributed by atoms with Crippen molar-refractivity contribution in [1.82, 2.24) is 19.4 Å². The van der Waals surface area contributed by atoms with Crippen LogP contribution in [0, 0.1) is 0 Å². The molecule has 4 rings (SSSR count). The van der Waals surface area contributed by atoms with Crippen LogP contribution in [0.25, 0.3) is 11.0 Å². The average molecular weight is 429 g/mol. The number of rotatable bonds is 10. The molecule has 0 radical (unpaired) electrons. The molecular formula is C26H28N4O2. The molecule has 6 nitrogen and oxygen atoms in total. The molecule has 0 saturated carbocycles. The van der Waals surface area contributed by atoms with Crippen LogP contribution in [0.5, 0.6) is 5.75 Å². The van der Waals surface area contributed by atoms with Gasteiger partial charge in [0.25, 0.3) is 0 Å². The van der Waals surface area contributed by atoms with Crippen molar-refractivity contribution >= 4 is 16.8 Å². The average Bonchev–Trinajstić information content (AvgIpc) is 3.30. The van der Waals surface area contributed by atoms with Gasteiger partial charge in [0.1, 0.15) is 12.4 Å². The number of nitrogens with zero attached hydrogens (tertiary/aromatic N) is 4. The molecule has 6 heteroatoms. The van der Waals surface area contributed by atoms with Crippen LogP contribution in [0.2, 0.25) is 0 Å². The predicted molar refractivity (Wildman–Crippen MR) is 126 cm³/mol. The molecule has 0 bridgehead atoms. The molecule has 4 aromatic rings. The van der Waals surface area contributed by atoms with Crippen LogP contribution >= 0.6 is 0 Å². The summed E-state index contributed by atoms with van der Waals surface area (Å²) in [4.78, 5) is 24.6. The molecule has 0 N–H and O–H groups in total. The van der Waals surface area contributed by atoms with Gasteiger partial charge in [0.05, 0.1) is 35.2 Å². The van der Waals surface area contributed by atoms with Crippen molar-refractivity contribution in [2.24, 2.45) is 0 Å². The van der Waals surface area contributed by atoms with Gasteiger partial charge < -0.3 is 14.2 Å². The highest BCUT2D eigenvalue weighted by molar-refractivity contribution is 6.08. The maximum absolute atomic E-state index is 13.1. The molecule has 0 atom stereocenters. The maximum atomic E-state index is 13.1. The second kappa shape index (κ2) is 10.2. The minimum atomic E-state index is -0.0292. The highest BCUT2D eigenvalue weighted by atomic mass is 16.5. The molecule has 0 spiro atoms. The smallest absolute Gasteiger partial charge is 0.209 e. The molecule has 0 fully saturated rings. The van der Waals surface area contributed by atoms with E-state index in [9.17, 15) is 4.79 Å². The first kappa shape index (κ1) is 21.7. The number of hydrogen-bond donors (Lipinski definition) is 0. The fourth-order valence-electron chi connectivity index (χ4n) is 3.69. The van der Waals surface area contributed by atoms with E-state index < -0.39 is 0 Å². The van der Waals surface area contributed by atoms with Crippen LogP contribution in [0.4, 0.5) is 0 Å². The second-order valence-electron chi connectivity index (χ2n) is 7.60. The largest absolute Gasteiger partial charge is 0.492 e. The van der Waals surface area contributed by atoms with Gasteiger partial charge in [0, 0.05) is 18.3 Å². The van der Waals surface area contributed by atoms with E-state index in [2.05, 4.69) is 28.7 Å². The first-order valence-electron chi connectivity index (χ1n) is 11.0. The number of carbonyl (C=O) groups is 1. The van der Waals surface area contributed by atoms with Crippen molar-refractivity contribution < 1.29 is 9.53 Å². The first-order valence-corrected chi connectivity index (χ1v) is 11.0. The summed E-state index contributed by atoms with van der Waals surface area (Å²) in [6.07, 6.45) is 3.66. The molecule has 164 valence electrons. The zero-order chi connectivity index (χ0) is 22.3. The van der Waals surface area contributed by atoms with Gasteiger partial charge in [-0.1, -0.05) is 26.0 Å². The van der Waals surface area contributed by atoms with Crippen LogP contribution in [0.15, 0.2) is 73.1 Å². The number of carbonyl (C=O) groups excluding carboxylic acids is 1. The summed E-state index contributed by atoms with van der Waals surface area (Å²) in [5.74, 6) is 0.744. The summed E-state index contributed by atoms with van der Waals surface area (Å²) in [5.41, 5.74) is 3.77. The number of likely N-dealkylation sites (N-methyl/N-ethyl adjacent to an activating group) is 1. The molecule has 0 saturated heterocycles. The third-order valence-electron chi connectivity index (χ3n) is 5.58. The summed E-state index contributed by atoms with van der Waals surface area (Å²) in [7, 11) is 0. The van der Waals surface area contributed by atoms with Crippen molar-refractivity contribution in [3.8, 4) is 5.75 Å². The lowest BCUT2D eigenvalue weighted by atomic mass is 10.1. The Bertz CT molecular complexity index is 1180. The monoisotopic (exact) mass is 428 g/mol. The highest BCUT2D eigenvalue weighted by Crippen LogP contribution is 2.17. The lowest BCUT2D eigenvalue weighted by Crippen LogP contribution is -2.27. The Morgan fingerprint density at radius 2 is 1.72 bits per heavy atom. The van der Waals surface area contributed by atoms with E-state index in [1.807, 2.05) is 71.4 Å². The topological polar surface area (TPSA) is 60.2 Å². The number of para-hydroxylation sites is 2. The van der Waals surface area contributed by atoms with Gasteiger partial charge in [-0.25, -0.2) is 4.98 Å². The normalized spacial score (nSPS) is 11.2. The van der Waals surface area contributed by atoms with Gasteiger partial charge in [0.2, 0.25) is 5.78 Å². The molecule has 0 aliphatic carbocycles. The minimum absolute atomic E-state index is 0.0292. The SMILES string of the molecule is CCN(CC)CCOc1ccc(C(=O)c2cccn2Cc2cnc3ccccc3n2)cc1. The Kier molecular flexibility index (Phi) is 6.92. The molecule has 0 amide bonds. The lowest BCUT2D eigenvalue weighted by molar-refractivity contribution is 0.103. The van der Waals surface area contributed by atoms with E-state index >= 15 is 0 Å². The van der Waals surface area contributed by atoms with Crippen LogP contribution < -0.4 is 4.74 Å². The van der Waals surface area contributed by atoms with Crippen molar-refractivity contribution in [3.63, 3.8) is 0 Å². The van der Waals surface area contributed by atoms with Crippen LogP contribution in [0.1, 0.15) is 35.6 Å². The number of fused-ring (bicyclic) bond motifs is 1. The van der Waals surface area contributed by atoms with Crippen molar-refractivity contribution in [2.75, 3.05) is 26.2 Å². The lowest BCUT2D eigenvalue weighted by Gasteiger charge is -2.18. The second-order valence-corrected chi connectivity index (χ2v) is 7.60. The number of benzene rings is 2. The quantitative estimate of drug-likeness (QED) is 0.350. The summed E-state index contributed by atoms with van der Waals surface area (Å²) in [6, 6.07) is 18.9. The Labute approximate surface area is 188 Å². The molecular weight excluding hydrogens is 400 g/mol. The van der Waals surface area contributed by atoms with Crippen LogP contribution in [-0.2, 0) is 6.54 Å². The number of ether oxygens (including phenoxy) is 1. The molecule has 32 heavy (non-hydrogen) atoms. The highest BCUT2D eigenvalue weighted by Gasteiger charge is 2.14. The van der Waals surface area contributed by atoms with Crippen molar-refractivity contribution in [2.45, 2.75) is 20.4 Å². The zero-order valence-electron chi connectivity index (χ0n) is 18.6. The molecule has 2 aromatic heterocycles. The van der Waals surface area contributed by atoms with E-state index in [1.165, 1.54) is 0 Å².